The predicted molar refractivity (Wildman–Crippen MR) is 171 cm³/mol. The van der Waals surface area contributed by atoms with Crippen molar-refractivity contribution in [3.63, 3.8) is 0 Å². The lowest BCUT2D eigenvalue weighted by atomic mass is 10.1. The molecule has 7 heteroatoms. The second-order valence-corrected chi connectivity index (χ2v) is 12.5. The quantitative estimate of drug-likeness (QED) is 0.138. The van der Waals surface area contributed by atoms with Gasteiger partial charge in [0.15, 0.2) is 11.5 Å². The molecule has 41 heavy (non-hydrogen) atoms. The van der Waals surface area contributed by atoms with E-state index in [1.807, 2.05) is 28.0 Å². The van der Waals surface area contributed by atoms with Crippen LogP contribution in [0.1, 0.15) is 107 Å². The van der Waals surface area contributed by atoms with Gasteiger partial charge in [0.05, 0.1) is 27.3 Å². The Morgan fingerprint density at radius 2 is 1.51 bits per heavy atom. The number of thiophene rings is 1. The van der Waals surface area contributed by atoms with Crippen molar-refractivity contribution < 1.29 is 19.1 Å². The topological polar surface area (TPSA) is 59.1 Å². The smallest absolute Gasteiger partial charge is 0.242 e. The molecule has 0 saturated carbocycles. The van der Waals surface area contributed by atoms with Crippen LogP contribution in [0.3, 0.4) is 0 Å². The van der Waals surface area contributed by atoms with E-state index in [0.29, 0.717) is 37.4 Å². The van der Waals surface area contributed by atoms with Crippen molar-refractivity contribution in [2.75, 3.05) is 27.3 Å². The largest absolute Gasteiger partial charge is 0.493 e. The fourth-order valence-electron chi connectivity index (χ4n) is 5.04. The third-order valence-corrected chi connectivity index (χ3v) is 8.84. The van der Waals surface area contributed by atoms with E-state index in [1.54, 1.807) is 25.6 Å². The van der Waals surface area contributed by atoms with Gasteiger partial charge >= 0.3 is 0 Å². The standard InChI is InChI=1S/C34H54N2O4S/c1-7-9-10-11-12-13-14-15-16-17-33(37)36(27(3)8-2)26-34(38)35(25-30-20-18-28(4)41-30)23-22-29-19-21-31(39-5)32(24-29)40-6/h18-21,24,27H,7-17,22-23,25-26H2,1-6H3/t27-/m1/s1. The normalized spacial score (nSPS) is 11.8. The number of ether oxygens (including phenoxy) is 2. The van der Waals surface area contributed by atoms with Crippen LogP contribution in [0.5, 0.6) is 11.5 Å². The molecule has 2 rings (SSSR count). The summed E-state index contributed by atoms with van der Waals surface area (Å²) in [6, 6.07) is 10.1. The maximum Gasteiger partial charge on any atom is 0.242 e. The van der Waals surface area contributed by atoms with Gasteiger partial charge in [-0.3, -0.25) is 9.59 Å². The number of aryl methyl sites for hydroxylation is 1. The van der Waals surface area contributed by atoms with Gasteiger partial charge in [0, 0.05) is 28.8 Å². The number of carbonyl (C=O) groups excluding carboxylic acids is 2. The van der Waals surface area contributed by atoms with Crippen molar-refractivity contribution >= 4 is 23.2 Å². The first-order valence-corrected chi connectivity index (χ1v) is 16.5. The molecule has 1 heterocycles. The molecule has 1 aromatic carbocycles. The van der Waals surface area contributed by atoms with Crippen LogP contribution in [0.2, 0.25) is 0 Å². The number of hydrogen-bond donors (Lipinski definition) is 0. The molecule has 1 aromatic heterocycles. The van der Waals surface area contributed by atoms with Gasteiger partial charge in [0.25, 0.3) is 0 Å². The Kier molecular flexibility index (Phi) is 16.5. The summed E-state index contributed by atoms with van der Waals surface area (Å²) >= 11 is 1.71. The molecule has 0 radical (unpaired) electrons. The average molecular weight is 587 g/mol. The summed E-state index contributed by atoms with van der Waals surface area (Å²) in [5.41, 5.74) is 1.07. The van der Waals surface area contributed by atoms with Crippen LogP contribution < -0.4 is 9.47 Å². The maximum atomic E-state index is 13.7. The van der Waals surface area contributed by atoms with Crippen LogP contribution in [0.4, 0.5) is 0 Å². The van der Waals surface area contributed by atoms with Crippen molar-refractivity contribution in [1.82, 2.24) is 9.80 Å². The highest BCUT2D eigenvalue weighted by Crippen LogP contribution is 2.28. The first-order chi connectivity index (χ1) is 19.8. The monoisotopic (exact) mass is 586 g/mol. The van der Waals surface area contributed by atoms with E-state index in [9.17, 15) is 9.59 Å². The molecule has 1 atom stereocenters. The summed E-state index contributed by atoms with van der Waals surface area (Å²) in [5.74, 6) is 1.47. The summed E-state index contributed by atoms with van der Waals surface area (Å²) in [6.07, 6.45) is 13.0. The number of methoxy groups -OCH3 is 2. The molecular weight excluding hydrogens is 532 g/mol. The van der Waals surface area contributed by atoms with Crippen molar-refractivity contribution in [1.29, 1.82) is 0 Å². The van der Waals surface area contributed by atoms with Crippen LogP contribution >= 0.6 is 11.3 Å². The Morgan fingerprint density at radius 3 is 2.10 bits per heavy atom. The summed E-state index contributed by atoms with van der Waals surface area (Å²) in [6.45, 7) is 9.70. The number of carbonyl (C=O) groups is 2. The molecular formula is C34H54N2O4S. The molecule has 0 aliphatic carbocycles. The molecule has 0 saturated heterocycles. The zero-order valence-corrected chi connectivity index (χ0v) is 27.3. The summed E-state index contributed by atoms with van der Waals surface area (Å²) in [4.78, 5) is 33.2. The van der Waals surface area contributed by atoms with Crippen molar-refractivity contribution in [3.8, 4) is 11.5 Å². The number of unbranched alkanes of at least 4 members (excludes halogenated alkanes) is 8. The zero-order valence-electron chi connectivity index (χ0n) is 26.5. The summed E-state index contributed by atoms with van der Waals surface area (Å²) in [7, 11) is 3.26. The SMILES string of the molecule is CCCCCCCCCCCC(=O)N(CC(=O)N(CCc1ccc(OC)c(OC)c1)Cc1ccc(C)s1)[C@H](C)CC. The van der Waals surface area contributed by atoms with Gasteiger partial charge in [-0.25, -0.2) is 0 Å². The molecule has 2 amide bonds. The van der Waals surface area contributed by atoms with E-state index in [0.717, 1.165) is 29.7 Å². The molecule has 0 bridgehead atoms. The molecule has 0 unspecified atom stereocenters. The molecule has 6 nitrogen and oxygen atoms in total. The lowest BCUT2D eigenvalue weighted by Gasteiger charge is -2.31. The van der Waals surface area contributed by atoms with Crippen molar-refractivity contribution in [2.45, 2.75) is 117 Å². The number of rotatable bonds is 21. The molecule has 0 aliphatic heterocycles. The van der Waals surface area contributed by atoms with E-state index in [2.05, 4.69) is 39.8 Å². The minimum absolute atomic E-state index is 0.00254. The van der Waals surface area contributed by atoms with Crippen molar-refractivity contribution in [3.05, 3.63) is 45.6 Å². The van der Waals surface area contributed by atoms with Gasteiger partial charge in [-0.2, -0.15) is 0 Å². The number of hydrogen-bond acceptors (Lipinski definition) is 5. The number of nitrogens with zero attached hydrogens (tertiary/aromatic N) is 2. The molecule has 2 aromatic rings. The number of amides is 2. The predicted octanol–water partition coefficient (Wildman–Crippen LogP) is 8.19. The Balaban J connectivity index is 2.01. The third kappa shape index (κ3) is 12.5. The second-order valence-electron chi connectivity index (χ2n) is 11.1. The van der Waals surface area contributed by atoms with Crippen LogP contribution in [-0.2, 0) is 22.6 Å². The third-order valence-electron chi connectivity index (χ3n) is 7.86. The van der Waals surface area contributed by atoms with Crippen LogP contribution in [0.25, 0.3) is 0 Å². The van der Waals surface area contributed by atoms with Gasteiger partial charge in [-0.05, 0) is 62.9 Å². The van der Waals surface area contributed by atoms with Gasteiger partial charge in [-0.15, -0.1) is 11.3 Å². The van der Waals surface area contributed by atoms with E-state index in [4.69, 9.17) is 9.47 Å². The first-order valence-electron chi connectivity index (χ1n) is 15.7. The van der Waals surface area contributed by atoms with Crippen LogP contribution in [0, 0.1) is 6.92 Å². The zero-order chi connectivity index (χ0) is 30.0. The van der Waals surface area contributed by atoms with E-state index >= 15 is 0 Å². The number of benzene rings is 1. The van der Waals surface area contributed by atoms with Gasteiger partial charge in [-0.1, -0.05) is 71.3 Å². The lowest BCUT2D eigenvalue weighted by molar-refractivity contribution is -0.142. The molecule has 0 N–H and O–H groups in total. The molecule has 230 valence electrons. The van der Waals surface area contributed by atoms with Crippen molar-refractivity contribution in [2.24, 2.45) is 0 Å². The van der Waals surface area contributed by atoms with E-state index in [1.165, 1.54) is 49.8 Å². The van der Waals surface area contributed by atoms with Crippen LogP contribution in [0.15, 0.2) is 30.3 Å². The Bertz CT molecular complexity index is 1040. The highest BCUT2D eigenvalue weighted by molar-refractivity contribution is 7.11. The minimum atomic E-state index is -0.00254. The van der Waals surface area contributed by atoms with Gasteiger partial charge < -0.3 is 19.3 Å². The van der Waals surface area contributed by atoms with Gasteiger partial charge in [0.1, 0.15) is 0 Å². The Morgan fingerprint density at radius 1 is 0.854 bits per heavy atom. The summed E-state index contributed by atoms with van der Waals surface area (Å²) in [5, 5.41) is 0. The minimum Gasteiger partial charge on any atom is -0.493 e. The Labute approximate surface area is 253 Å². The van der Waals surface area contributed by atoms with Crippen LogP contribution in [-0.4, -0.2) is 55.0 Å². The van der Waals surface area contributed by atoms with E-state index < -0.39 is 0 Å². The molecule has 0 spiro atoms. The maximum absolute atomic E-state index is 13.7. The summed E-state index contributed by atoms with van der Waals surface area (Å²) < 4.78 is 10.8. The molecule has 0 aliphatic rings. The van der Waals surface area contributed by atoms with Gasteiger partial charge in [0.2, 0.25) is 11.8 Å². The average Bonchev–Trinajstić information content (AvgIpc) is 3.40. The highest BCUT2D eigenvalue weighted by Gasteiger charge is 2.25. The highest BCUT2D eigenvalue weighted by atomic mass is 32.1. The van der Waals surface area contributed by atoms with E-state index in [-0.39, 0.29) is 24.4 Å². The fourth-order valence-corrected chi connectivity index (χ4v) is 5.94. The second kappa shape index (κ2) is 19.6. The Hall–Kier alpha value is -2.54. The molecule has 0 fully saturated rings. The lowest BCUT2D eigenvalue weighted by Crippen LogP contribution is -2.46. The first kappa shape index (κ1) is 34.7. The fraction of sp³-hybridized carbons (Fsp3) is 0.647.